The van der Waals surface area contributed by atoms with Crippen molar-refractivity contribution in [3.05, 3.63) is 59.7 Å². The molecular formula is C20H24N2O2. The summed E-state index contributed by atoms with van der Waals surface area (Å²) in [6.07, 6.45) is 1.92. The summed E-state index contributed by atoms with van der Waals surface area (Å²) in [4.78, 5) is 16.5. The molecule has 1 heterocycles. The number of carbonyl (C=O) groups is 1. The fourth-order valence-electron chi connectivity index (χ4n) is 3.01. The topological polar surface area (TPSA) is 32.8 Å². The van der Waals surface area contributed by atoms with Gasteiger partial charge in [-0.25, -0.2) is 4.79 Å². The molecule has 3 rings (SSSR count). The molecular weight excluding hydrogens is 300 g/mol. The highest BCUT2D eigenvalue weighted by Crippen LogP contribution is 2.36. The van der Waals surface area contributed by atoms with Crippen LogP contribution in [0, 0.1) is 0 Å². The van der Waals surface area contributed by atoms with Gasteiger partial charge in [-0.15, -0.1) is 0 Å². The van der Waals surface area contributed by atoms with Crippen LogP contribution < -0.4 is 9.80 Å². The summed E-state index contributed by atoms with van der Waals surface area (Å²) in [6, 6.07) is 16.0. The van der Waals surface area contributed by atoms with E-state index in [-0.39, 0.29) is 12.2 Å². The van der Waals surface area contributed by atoms with E-state index in [0.717, 1.165) is 36.3 Å². The third kappa shape index (κ3) is 3.09. The largest absolute Gasteiger partial charge is 0.434 e. The predicted molar refractivity (Wildman–Crippen MR) is 97.6 cm³/mol. The van der Waals surface area contributed by atoms with Crippen LogP contribution in [0.3, 0.4) is 0 Å². The van der Waals surface area contributed by atoms with Crippen LogP contribution in [0.1, 0.15) is 41.9 Å². The molecule has 0 saturated carbocycles. The lowest BCUT2D eigenvalue weighted by Gasteiger charge is -2.26. The Hall–Kier alpha value is -2.49. The van der Waals surface area contributed by atoms with Crippen LogP contribution in [0.5, 0.6) is 0 Å². The fourth-order valence-corrected chi connectivity index (χ4v) is 3.01. The highest BCUT2D eigenvalue weighted by Gasteiger charge is 2.34. The molecule has 0 radical (unpaired) electrons. The zero-order valence-electron chi connectivity index (χ0n) is 14.5. The average Bonchev–Trinajstić information content (AvgIpc) is 2.96. The highest BCUT2D eigenvalue weighted by atomic mass is 16.6. The van der Waals surface area contributed by atoms with E-state index < -0.39 is 0 Å². The van der Waals surface area contributed by atoms with Crippen LogP contribution >= 0.6 is 0 Å². The second-order valence-electron chi connectivity index (χ2n) is 6.25. The van der Waals surface area contributed by atoms with E-state index >= 15 is 0 Å². The zero-order chi connectivity index (χ0) is 17.1. The van der Waals surface area contributed by atoms with Crippen molar-refractivity contribution in [3.63, 3.8) is 0 Å². The summed E-state index contributed by atoms with van der Waals surface area (Å²) in [5, 5.41) is 0. The lowest BCUT2D eigenvalue weighted by molar-refractivity contribution is 0.0388. The minimum Gasteiger partial charge on any atom is -0.434 e. The number of ether oxygens (including phenoxy) is 1. The number of fused-ring (bicyclic) bond motifs is 1. The quantitative estimate of drug-likeness (QED) is 0.745. The Balaban J connectivity index is 1.86. The first kappa shape index (κ1) is 16.4. The van der Waals surface area contributed by atoms with Gasteiger partial charge in [0, 0.05) is 37.6 Å². The maximum atomic E-state index is 12.3. The van der Waals surface area contributed by atoms with E-state index in [1.54, 1.807) is 0 Å². The number of hydrogen-bond acceptors (Lipinski definition) is 4. The number of anilines is 2. The maximum absolute atomic E-state index is 12.3. The molecule has 0 aliphatic carbocycles. The summed E-state index contributed by atoms with van der Waals surface area (Å²) in [5.41, 5.74) is 3.68. The molecule has 0 amide bonds. The van der Waals surface area contributed by atoms with Gasteiger partial charge < -0.3 is 14.5 Å². The molecule has 0 bridgehead atoms. The number of benzene rings is 2. The van der Waals surface area contributed by atoms with Gasteiger partial charge >= 0.3 is 5.97 Å². The molecule has 4 nitrogen and oxygen atoms in total. The first-order chi connectivity index (χ1) is 11.6. The number of hydrogen-bond donors (Lipinski definition) is 0. The monoisotopic (exact) mass is 324 g/mol. The van der Waals surface area contributed by atoms with Crippen LogP contribution in [0.4, 0.5) is 11.4 Å². The molecule has 24 heavy (non-hydrogen) atoms. The molecule has 1 aliphatic heterocycles. The van der Waals surface area contributed by atoms with Crippen molar-refractivity contribution in [2.75, 3.05) is 30.4 Å². The van der Waals surface area contributed by atoms with Gasteiger partial charge in [0.15, 0.2) is 0 Å². The number of carbonyl (C=O) groups excluding carboxylic acids is 1. The molecule has 0 N–H and O–H groups in total. The summed E-state index contributed by atoms with van der Waals surface area (Å²) in [6.45, 7) is 3.16. The molecule has 0 spiro atoms. The molecule has 1 aliphatic rings. The van der Waals surface area contributed by atoms with Crippen LogP contribution in [0.15, 0.2) is 48.5 Å². The van der Waals surface area contributed by atoms with Crippen LogP contribution in [0.25, 0.3) is 0 Å². The van der Waals surface area contributed by atoms with Gasteiger partial charge in [0.1, 0.15) is 0 Å². The van der Waals surface area contributed by atoms with Crippen molar-refractivity contribution in [2.45, 2.75) is 26.0 Å². The number of cyclic esters (lactones) is 1. The van der Waals surface area contributed by atoms with E-state index in [0.29, 0.717) is 5.56 Å². The van der Waals surface area contributed by atoms with E-state index in [4.69, 9.17) is 4.74 Å². The normalized spacial score (nSPS) is 15.8. The lowest BCUT2D eigenvalue weighted by atomic mass is 10.1. The average molecular weight is 324 g/mol. The maximum Gasteiger partial charge on any atom is 0.340 e. The second-order valence-corrected chi connectivity index (χ2v) is 6.25. The Bertz CT molecular complexity index is 715. The first-order valence-corrected chi connectivity index (χ1v) is 8.45. The number of nitrogens with zero attached hydrogens (tertiary/aromatic N) is 2. The van der Waals surface area contributed by atoms with Gasteiger partial charge in [0.2, 0.25) is 6.23 Å². The molecule has 4 heteroatoms. The van der Waals surface area contributed by atoms with Gasteiger partial charge in [-0.3, -0.25) is 0 Å². The second kappa shape index (κ2) is 6.95. The molecule has 126 valence electrons. The van der Waals surface area contributed by atoms with Crippen molar-refractivity contribution in [1.29, 1.82) is 0 Å². The summed E-state index contributed by atoms with van der Waals surface area (Å²) < 4.78 is 5.63. The fraction of sp³-hybridized carbons (Fsp3) is 0.350. The van der Waals surface area contributed by atoms with Crippen molar-refractivity contribution < 1.29 is 9.53 Å². The van der Waals surface area contributed by atoms with Gasteiger partial charge in [0.25, 0.3) is 0 Å². The highest BCUT2D eigenvalue weighted by molar-refractivity contribution is 5.95. The molecule has 2 aromatic rings. The van der Waals surface area contributed by atoms with Crippen LogP contribution in [-0.2, 0) is 4.74 Å². The Labute approximate surface area is 143 Å². The van der Waals surface area contributed by atoms with Gasteiger partial charge in [-0.1, -0.05) is 37.6 Å². The van der Waals surface area contributed by atoms with Crippen molar-refractivity contribution in [2.24, 2.45) is 0 Å². The summed E-state index contributed by atoms with van der Waals surface area (Å²) in [5.74, 6) is -0.247. The predicted octanol–water partition coefficient (Wildman–Crippen LogP) is 4.23. The third-order valence-corrected chi connectivity index (χ3v) is 4.54. The molecule has 1 atom stereocenters. The van der Waals surface area contributed by atoms with Crippen molar-refractivity contribution >= 4 is 17.3 Å². The molecule has 0 aromatic heterocycles. The van der Waals surface area contributed by atoms with E-state index in [9.17, 15) is 4.79 Å². The van der Waals surface area contributed by atoms with Gasteiger partial charge in [0.05, 0.1) is 5.56 Å². The summed E-state index contributed by atoms with van der Waals surface area (Å²) >= 11 is 0. The van der Waals surface area contributed by atoms with E-state index in [2.05, 4.69) is 24.9 Å². The smallest absolute Gasteiger partial charge is 0.340 e. The minimum atomic E-state index is -0.370. The minimum absolute atomic E-state index is 0.247. The van der Waals surface area contributed by atoms with Crippen LogP contribution in [0.2, 0.25) is 0 Å². The Morgan fingerprint density at radius 3 is 2.50 bits per heavy atom. The molecule has 0 fully saturated rings. The lowest BCUT2D eigenvalue weighted by Crippen LogP contribution is -2.24. The van der Waals surface area contributed by atoms with Crippen molar-refractivity contribution in [1.82, 2.24) is 0 Å². The van der Waals surface area contributed by atoms with Crippen LogP contribution in [-0.4, -0.2) is 26.6 Å². The standard InChI is InChI=1S/C20H24N2O2/c1-4-5-13-21(2)16-11-12-17-18(14-16)20(23)24-19(17)22(3)15-9-7-6-8-10-15/h6-12,14,19H,4-5,13H2,1-3H3. The Morgan fingerprint density at radius 2 is 1.79 bits per heavy atom. The van der Waals surface area contributed by atoms with Gasteiger partial charge in [-0.2, -0.15) is 0 Å². The SMILES string of the molecule is CCCCN(C)c1ccc2c(c1)C(=O)OC2N(C)c1ccccc1. The summed E-state index contributed by atoms with van der Waals surface area (Å²) in [7, 11) is 4.01. The van der Waals surface area contributed by atoms with E-state index in [1.165, 1.54) is 0 Å². The molecule has 0 saturated heterocycles. The first-order valence-electron chi connectivity index (χ1n) is 8.45. The third-order valence-electron chi connectivity index (χ3n) is 4.54. The Kier molecular flexibility index (Phi) is 4.74. The van der Waals surface area contributed by atoms with Gasteiger partial charge in [-0.05, 0) is 30.7 Å². The molecule has 2 aromatic carbocycles. The van der Waals surface area contributed by atoms with E-state index in [1.807, 2.05) is 54.4 Å². The number of rotatable bonds is 6. The number of unbranched alkanes of at least 4 members (excludes halogenated alkanes) is 1. The number of para-hydroxylation sites is 1. The molecule has 1 unspecified atom stereocenters. The Morgan fingerprint density at radius 1 is 1.04 bits per heavy atom. The number of esters is 1. The van der Waals surface area contributed by atoms with Crippen molar-refractivity contribution in [3.8, 4) is 0 Å². The zero-order valence-corrected chi connectivity index (χ0v) is 14.5.